The highest BCUT2D eigenvalue weighted by Crippen LogP contribution is 2.39. The van der Waals surface area contributed by atoms with Crippen molar-refractivity contribution in [3.63, 3.8) is 0 Å². The first-order valence-electron chi connectivity index (χ1n) is 7.97. The van der Waals surface area contributed by atoms with E-state index in [1.54, 1.807) is 0 Å². The second kappa shape index (κ2) is 8.13. The Labute approximate surface area is 159 Å². The van der Waals surface area contributed by atoms with Crippen LogP contribution in [0.25, 0.3) is 21.1 Å². The average Bonchev–Trinajstić information content (AvgIpc) is 3.29. The maximum Gasteiger partial charge on any atom is 0.348 e. The summed E-state index contributed by atoms with van der Waals surface area (Å²) in [7, 11) is 0. The van der Waals surface area contributed by atoms with Crippen LogP contribution >= 0.6 is 22.7 Å². The highest BCUT2D eigenvalue weighted by atomic mass is 32.1. The summed E-state index contributed by atoms with van der Waals surface area (Å²) in [4.78, 5) is 17.3. The molecule has 0 radical (unpaired) electrons. The summed E-state index contributed by atoms with van der Waals surface area (Å²) in [6.45, 7) is 2.37. The highest BCUT2D eigenvalue weighted by Gasteiger charge is 2.22. The smallest absolute Gasteiger partial charge is 0.348 e. The number of benzene rings is 1. The van der Waals surface area contributed by atoms with Crippen LogP contribution in [0.15, 0.2) is 41.8 Å². The molecule has 26 heavy (non-hydrogen) atoms. The van der Waals surface area contributed by atoms with Gasteiger partial charge in [-0.2, -0.15) is 5.26 Å². The number of ether oxygens (including phenoxy) is 1. The van der Waals surface area contributed by atoms with Gasteiger partial charge in [-0.15, -0.1) is 22.7 Å². The SMILES string of the molecule is CC(CC#N)COc1ccccc1-c1nc(-c2cccs2)c(C(=O)O)s1. The molecule has 5 nitrogen and oxygen atoms in total. The van der Waals surface area contributed by atoms with Gasteiger partial charge in [-0.25, -0.2) is 9.78 Å². The maximum absolute atomic E-state index is 11.6. The molecule has 1 N–H and O–H groups in total. The molecule has 0 saturated heterocycles. The Morgan fingerprint density at radius 3 is 2.85 bits per heavy atom. The fourth-order valence-corrected chi connectivity index (χ4v) is 4.11. The molecule has 0 spiro atoms. The normalized spacial score (nSPS) is 11.7. The Hall–Kier alpha value is -2.69. The Morgan fingerprint density at radius 2 is 2.15 bits per heavy atom. The van der Waals surface area contributed by atoms with Crippen LogP contribution in [0.5, 0.6) is 5.75 Å². The molecular weight excluding hydrogens is 368 g/mol. The third-order valence-corrected chi connectivity index (χ3v) is 5.61. The Morgan fingerprint density at radius 1 is 1.35 bits per heavy atom. The molecule has 2 heterocycles. The molecule has 0 amide bonds. The number of aromatic nitrogens is 1. The number of rotatable bonds is 7. The van der Waals surface area contributed by atoms with E-state index in [1.807, 2.05) is 48.7 Å². The Balaban J connectivity index is 1.96. The molecule has 0 aliphatic rings. The molecule has 0 aliphatic carbocycles. The average molecular weight is 384 g/mol. The summed E-state index contributed by atoms with van der Waals surface area (Å²) in [5, 5.41) is 20.8. The molecule has 0 aliphatic heterocycles. The third kappa shape index (κ3) is 3.93. The van der Waals surface area contributed by atoms with E-state index in [1.165, 1.54) is 11.3 Å². The zero-order valence-corrected chi connectivity index (χ0v) is 15.6. The Kier molecular flexibility index (Phi) is 5.66. The fraction of sp³-hybridized carbons (Fsp3) is 0.211. The highest BCUT2D eigenvalue weighted by molar-refractivity contribution is 7.18. The van der Waals surface area contributed by atoms with Gasteiger partial charge in [-0.05, 0) is 23.6 Å². The van der Waals surface area contributed by atoms with Gasteiger partial charge in [-0.1, -0.05) is 25.1 Å². The first-order valence-corrected chi connectivity index (χ1v) is 9.67. The van der Waals surface area contributed by atoms with Crippen LogP contribution < -0.4 is 4.74 Å². The van der Waals surface area contributed by atoms with Crippen LogP contribution in [-0.4, -0.2) is 22.7 Å². The third-order valence-electron chi connectivity index (χ3n) is 3.66. The lowest BCUT2D eigenvalue weighted by Crippen LogP contribution is -2.08. The van der Waals surface area contributed by atoms with Gasteiger partial charge in [0.1, 0.15) is 21.3 Å². The molecule has 3 aromatic rings. The van der Waals surface area contributed by atoms with E-state index in [-0.39, 0.29) is 10.8 Å². The van der Waals surface area contributed by atoms with E-state index in [0.717, 1.165) is 21.8 Å². The van der Waals surface area contributed by atoms with E-state index >= 15 is 0 Å². The van der Waals surface area contributed by atoms with E-state index in [0.29, 0.717) is 29.5 Å². The molecule has 7 heteroatoms. The van der Waals surface area contributed by atoms with Gasteiger partial charge < -0.3 is 9.84 Å². The summed E-state index contributed by atoms with van der Waals surface area (Å²) in [6, 6.07) is 13.3. The van der Waals surface area contributed by atoms with E-state index in [4.69, 9.17) is 10.00 Å². The number of hydrogen-bond donors (Lipinski definition) is 1. The van der Waals surface area contributed by atoms with Gasteiger partial charge in [0.05, 0.1) is 23.1 Å². The van der Waals surface area contributed by atoms with Crippen LogP contribution in [0.4, 0.5) is 0 Å². The number of para-hydroxylation sites is 1. The summed E-state index contributed by atoms with van der Waals surface area (Å²) >= 11 is 2.60. The van der Waals surface area contributed by atoms with Crippen LogP contribution in [0.1, 0.15) is 23.0 Å². The number of nitriles is 1. The molecule has 1 atom stereocenters. The lowest BCUT2D eigenvalue weighted by atomic mass is 10.1. The zero-order valence-electron chi connectivity index (χ0n) is 14.0. The summed E-state index contributed by atoms with van der Waals surface area (Å²) in [5.41, 5.74) is 1.24. The molecule has 0 bridgehead atoms. The van der Waals surface area contributed by atoms with Gasteiger partial charge in [0.25, 0.3) is 0 Å². The van der Waals surface area contributed by atoms with Crippen molar-refractivity contribution in [3.8, 4) is 33.0 Å². The maximum atomic E-state index is 11.6. The van der Waals surface area contributed by atoms with Gasteiger partial charge in [0, 0.05) is 12.3 Å². The van der Waals surface area contributed by atoms with Crippen molar-refractivity contribution in [2.75, 3.05) is 6.61 Å². The quantitative estimate of drug-likeness (QED) is 0.608. The van der Waals surface area contributed by atoms with Crippen molar-refractivity contribution in [2.45, 2.75) is 13.3 Å². The fourth-order valence-electron chi connectivity index (χ4n) is 2.38. The topological polar surface area (TPSA) is 83.2 Å². The van der Waals surface area contributed by atoms with Crippen molar-refractivity contribution < 1.29 is 14.6 Å². The summed E-state index contributed by atoms with van der Waals surface area (Å²) in [5.74, 6) is -0.237. The largest absolute Gasteiger partial charge is 0.493 e. The number of thiazole rings is 1. The van der Waals surface area contributed by atoms with Crippen LogP contribution in [0.3, 0.4) is 0 Å². The first kappa shape index (κ1) is 18.1. The number of aromatic carboxylic acids is 1. The summed E-state index contributed by atoms with van der Waals surface area (Å²) in [6.07, 6.45) is 0.422. The number of carboxylic acid groups (broad SMARTS) is 1. The van der Waals surface area contributed by atoms with Crippen LogP contribution in [0.2, 0.25) is 0 Å². The van der Waals surface area contributed by atoms with Crippen LogP contribution in [0, 0.1) is 17.2 Å². The van der Waals surface area contributed by atoms with E-state index < -0.39 is 5.97 Å². The number of carbonyl (C=O) groups is 1. The van der Waals surface area contributed by atoms with Crippen molar-refractivity contribution in [1.29, 1.82) is 5.26 Å². The van der Waals surface area contributed by atoms with Crippen molar-refractivity contribution in [2.24, 2.45) is 5.92 Å². The van der Waals surface area contributed by atoms with Crippen molar-refractivity contribution >= 4 is 28.6 Å². The molecule has 1 aromatic carbocycles. The number of carboxylic acids is 1. The number of hydrogen-bond acceptors (Lipinski definition) is 6. The standard InChI is InChI=1S/C19H16N2O3S2/c1-12(8-9-20)11-24-14-6-3-2-5-13(14)18-21-16(15-7-4-10-25-15)17(26-18)19(22)23/h2-7,10,12H,8,11H2,1H3,(H,22,23). The Bertz CT molecular complexity index is 942. The predicted octanol–water partition coefficient (Wildman–Crippen LogP) is 5.17. The van der Waals surface area contributed by atoms with Crippen LogP contribution in [-0.2, 0) is 0 Å². The van der Waals surface area contributed by atoms with Gasteiger partial charge in [-0.3, -0.25) is 0 Å². The molecule has 3 rings (SSSR count). The molecule has 0 saturated carbocycles. The summed E-state index contributed by atoms with van der Waals surface area (Å²) < 4.78 is 5.88. The minimum absolute atomic E-state index is 0.112. The molecule has 2 aromatic heterocycles. The van der Waals surface area contributed by atoms with Gasteiger partial charge in [0.15, 0.2) is 0 Å². The van der Waals surface area contributed by atoms with Gasteiger partial charge >= 0.3 is 5.97 Å². The van der Waals surface area contributed by atoms with Gasteiger partial charge in [0.2, 0.25) is 0 Å². The molecular formula is C19H16N2O3S2. The van der Waals surface area contributed by atoms with E-state index in [2.05, 4.69) is 11.1 Å². The second-order valence-corrected chi connectivity index (χ2v) is 7.70. The monoisotopic (exact) mass is 384 g/mol. The predicted molar refractivity (Wildman–Crippen MR) is 103 cm³/mol. The lowest BCUT2D eigenvalue weighted by Gasteiger charge is -2.12. The number of thiophene rings is 1. The van der Waals surface area contributed by atoms with E-state index in [9.17, 15) is 9.90 Å². The molecule has 132 valence electrons. The molecule has 1 unspecified atom stereocenters. The first-order chi connectivity index (χ1) is 12.6. The second-order valence-electron chi connectivity index (χ2n) is 5.75. The minimum Gasteiger partial charge on any atom is -0.493 e. The minimum atomic E-state index is -0.988. The van der Waals surface area contributed by atoms with Crippen molar-refractivity contribution in [3.05, 3.63) is 46.7 Å². The van der Waals surface area contributed by atoms with Crippen molar-refractivity contribution in [1.82, 2.24) is 4.98 Å². The lowest BCUT2D eigenvalue weighted by molar-refractivity contribution is 0.0702. The zero-order chi connectivity index (χ0) is 18.5. The number of nitrogens with zero attached hydrogens (tertiary/aromatic N) is 2. The molecule has 0 fully saturated rings.